The first-order valence-electron chi connectivity index (χ1n) is 14.1. The molecule has 0 amide bonds. The van der Waals surface area contributed by atoms with Crippen LogP contribution >= 0.6 is 0 Å². The van der Waals surface area contributed by atoms with Crippen molar-refractivity contribution in [2.45, 2.75) is 45.8 Å². The molecule has 2 unspecified atom stereocenters. The monoisotopic (exact) mass is 533 g/mol. The molecule has 0 aliphatic carbocycles. The first-order chi connectivity index (χ1) is 19.5. The van der Waals surface area contributed by atoms with Crippen LogP contribution in [0.3, 0.4) is 0 Å². The van der Waals surface area contributed by atoms with Crippen LogP contribution in [0.5, 0.6) is 11.5 Å². The molecule has 3 aliphatic rings. The summed E-state index contributed by atoms with van der Waals surface area (Å²) in [4.78, 5) is 0. The van der Waals surface area contributed by atoms with E-state index in [1.807, 2.05) is 18.2 Å². The third-order valence-corrected chi connectivity index (χ3v) is 8.19. The molecule has 7 nitrogen and oxygen atoms in total. The van der Waals surface area contributed by atoms with Crippen LogP contribution < -0.4 is 26.1 Å². The third kappa shape index (κ3) is 3.62. The lowest BCUT2D eigenvalue weighted by Gasteiger charge is -2.44. The van der Waals surface area contributed by atoms with Crippen molar-refractivity contribution in [1.29, 1.82) is 0 Å². The molecule has 40 heavy (non-hydrogen) atoms. The number of hydrogen-bond donors (Lipinski definition) is 4. The fourth-order valence-electron chi connectivity index (χ4n) is 6.51. The van der Waals surface area contributed by atoms with Crippen LogP contribution in [0.1, 0.15) is 53.5 Å². The minimum Gasteiger partial charge on any atom is -0.456 e. The van der Waals surface area contributed by atoms with Gasteiger partial charge < -0.3 is 25.4 Å². The van der Waals surface area contributed by atoms with Gasteiger partial charge in [-0.3, -0.25) is 0 Å². The minimum absolute atomic E-state index is 0.293. The maximum atomic E-state index is 6.74. The van der Waals surface area contributed by atoms with Crippen LogP contribution in [-0.4, -0.2) is 24.5 Å². The fraction of sp³-hybridized carbons (Fsp3) is 0.273. The van der Waals surface area contributed by atoms with Gasteiger partial charge in [-0.1, -0.05) is 42.5 Å². The molecule has 7 heteroatoms. The summed E-state index contributed by atoms with van der Waals surface area (Å²) in [6.07, 6.45) is -0.699. The highest BCUT2D eigenvalue weighted by molar-refractivity contribution is 5.73. The minimum atomic E-state index is -0.664. The van der Waals surface area contributed by atoms with E-state index in [-0.39, 0.29) is 6.23 Å². The molecule has 0 bridgehead atoms. The fourth-order valence-corrected chi connectivity index (χ4v) is 6.51. The van der Waals surface area contributed by atoms with Crippen LogP contribution in [0.25, 0.3) is 0 Å². The van der Waals surface area contributed by atoms with E-state index in [0.29, 0.717) is 0 Å². The molecule has 7 rings (SSSR count). The highest BCUT2D eigenvalue weighted by Gasteiger charge is 2.60. The second-order valence-corrected chi connectivity index (χ2v) is 10.7. The van der Waals surface area contributed by atoms with Crippen molar-refractivity contribution >= 4 is 17.1 Å². The summed E-state index contributed by atoms with van der Waals surface area (Å²) < 4.78 is 13.4. The van der Waals surface area contributed by atoms with Gasteiger partial charge in [0.25, 0.3) is 0 Å². The number of ether oxygens (including phenoxy) is 2. The largest absolute Gasteiger partial charge is 0.456 e. The Hall–Kier alpha value is -4.04. The summed E-state index contributed by atoms with van der Waals surface area (Å²) in [5.41, 5.74) is 13.1. The Balaban J connectivity index is 1.46. The Bertz CT molecular complexity index is 1530. The van der Waals surface area contributed by atoms with Crippen LogP contribution in [0, 0.1) is 13.8 Å². The number of anilines is 3. The lowest BCUT2D eigenvalue weighted by molar-refractivity contribution is -0.00725. The number of hydrazine groups is 1. The van der Waals surface area contributed by atoms with Gasteiger partial charge in [0.1, 0.15) is 17.0 Å². The average Bonchev–Trinajstić information content (AvgIpc) is 3.48. The van der Waals surface area contributed by atoms with Gasteiger partial charge in [-0.05, 0) is 68.7 Å². The topological polar surface area (TPSA) is 69.8 Å². The van der Waals surface area contributed by atoms with Crippen molar-refractivity contribution in [2.75, 3.05) is 29.0 Å². The number of nitrogens with zero attached hydrogens (tertiary/aromatic N) is 1. The number of benzene rings is 4. The molecular weight excluding hydrogens is 498 g/mol. The van der Waals surface area contributed by atoms with Gasteiger partial charge >= 0.3 is 0 Å². The van der Waals surface area contributed by atoms with Gasteiger partial charge in [0.2, 0.25) is 0 Å². The van der Waals surface area contributed by atoms with Gasteiger partial charge in [0.15, 0.2) is 12.6 Å². The molecule has 204 valence electrons. The van der Waals surface area contributed by atoms with Crippen LogP contribution in [0.2, 0.25) is 0 Å². The molecule has 0 radical (unpaired) electrons. The van der Waals surface area contributed by atoms with Crippen LogP contribution in [0.15, 0.2) is 78.9 Å². The van der Waals surface area contributed by atoms with E-state index >= 15 is 0 Å². The summed E-state index contributed by atoms with van der Waals surface area (Å²) in [5, 5.41) is 12.8. The standard InChI is InChI=1S/C33H35N5O2/c1-5-34-27-18-29-25(16-20(27)3)33(26-17-21(4)28(35-6-2)19-30(26)39-29)24-15-11-10-14-23(24)31-38(33)37-32(40-31)36-22-12-8-7-9-13-22/h7-19,31-32,34-37H,5-6H2,1-4H3. The SMILES string of the molecule is CCNc1cc2c(cc1C)C1(c3cc(C)c(NCC)cc3O2)c2ccccc2C2OC(Nc3ccccc3)NN21. The third-order valence-electron chi connectivity index (χ3n) is 8.19. The van der Waals surface area contributed by atoms with Crippen molar-refractivity contribution < 1.29 is 9.47 Å². The Kier molecular flexibility index (Phi) is 5.96. The highest BCUT2D eigenvalue weighted by Crippen LogP contribution is 2.62. The van der Waals surface area contributed by atoms with Gasteiger partial charge in [-0.2, -0.15) is 5.01 Å². The summed E-state index contributed by atoms with van der Waals surface area (Å²) in [5.74, 6) is 1.69. The molecule has 4 N–H and O–H groups in total. The molecule has 4 aromatic carbocycles. The smallest absolute Gasteiger partial charge is 0.199 e. The Morgan fingerprint density at radius 1 is 0.775 bits per heavy atom. The van der Waals surface area contributed by atoms with Gasteiger partial charge in [0, 0.05) is 59.0 Å². The highest BCUT2D eigenvalue weighted by atomic mass is 16.6. The summed E-state index contributed by atoms with van der Waals surface area (Å²) in [6, 6.07) is 27.7. The molecule has 0 aromatic heterocycles. The molecule has 1 fully saturated rings. The first-order valence-corrected chi connectivity index (χ1v) is 14.1. The number of para-hydroxylation sites is 1. The summed E-state index contributed by atoms with van der Waals surface area (Å²) in [6.45, 7) is 10.2. The van der Waals surface area contributed by atoms with E-state index in [0.717, 1.165) is 58.3 Å². The van der Waals surface area contributed by atoms with E-state index in [4.69, 9.17) is 9.47 Å². The second-order valence-electron chi connectivity index (χ2n) is 10.7. The maximum Gasteiger partial charge on any atom is 0.199 e. The van der Waals surface area contributed by atoms with Crippen LogP contribution in [0.4, 0.5) is 17.1 Å². The number of aryl methyl sites for hydroxylation is 2. The molecule has 0 saturated carbocycles. The zero-order valence-electron chi connectivity index (χ0n) is 23.3. The zero-order valence-corrected chi connectivity index (χ0v) is 23.3. The predicted octanol–water partition coefficient (Wildman–Crippen LogP) is 6.81. The molecule has 3 heterocycles. The summed E-state index contributed by atoms with van der Waals surface area (Å²) >= 11 is 0. The quantitative estimate of drug-likeness (QED) is 0.217. The van der Waals surface area contributed by atoms with Crippen LogP contribution in [-0.2, 0) is 10.3 Å². The van der Waals surface area contributed by atoms with Gasteiger partial charge in [0.05, 0.1) is 0 Å². The molecule has 3 aliphatic heterocycles. The predicted molar refractivity (Wildman–Crippen MR) is 160 cm³/mol. The van der Waals surface area contributed by atoms with Crippen molar-refractivity contribution in [3.63, 3.8) is 0 Å². The van der Waals surface area contributed by atoms with E-state index < -0.39 is 11.9 Å². The number of nitrogens with one attached hydrogen (secondary N) is 4. The first kappa shape index (κ1) is 25.0. The van der Waals surface area contributed by atoms with Gasteiger partial charge in [-0.15, -0.1) is 0 Å². The zero-order chi connectivity index (χ0) is 27.4. The van der Waals surface area contributed by atoms with E-state index in [2.05, 4.69) is 115 Å². The van der Waals surface area contributed by atoms with E-state index in [9.17, 15) is 0 Å². The van der Waals surface area contributed by atoms with Crippen molar-refractivity contribution in [1.82, 2.24) is 10.4 Å². The Labute approximate surface area is 235 Å². The second kappa shape index (κ2) is 9.55. The molecule has 2 atom stereocenters. The number of fused-ring (bicyclic) bond motifs is 9. The molecule has 1 saturated heterocycles. The summed E-state index contributed by atoms with van der Waals surface area (Å²) in [7, 11) is 0. The van der Waals surface area contributed by atoms with Crippen molar-refractivity contribution in [2.24, 2.45) is 0 Å². The van der Waals surface area contributed by atoms with E-state index in [1.165, 1.54) is 16.7 Å². The lowest BCUT2D eigenvalue weighted by atomic mass is 9.74. The van der Waals surface area contributed by atoms with E-state index in [1.54, 1.807) is 0 Å². The normalized spacial score (nSPS) is 19.8. The number of rotatable bonds is 6. The number of hydrogen-bond acceptors (Lipinski definition) is 7. The molecule has 4 aromatic rings. The van der Waals surface area contributed by atoms with Gasteiger partial charge in [-0.25, -0.2) is 5.43 Å². The average molecular weight is 534 g/mol. The Morgan fingerprint density at radius 3 is 2.00 bits per heavy atom. The van der Waals surface area contributed by atoms with Crippen molar-refractivity contribution in [3.05, 3.63) is 112 Å². The maximum absolute atomic E-state index is 6.74. The lowest BCUT2D eigenvalue weighted by Crippen LogP contribution is -2.52. The molecular formula is C33H35N5O2. The van der Waals surface area contributed by atoms with Crippen molar-refractivity contribution in [3.8, 4) is 11.5 Å². The Morgan fingerprint density at radius 2 is 1.38 bits per heavy atom. The molecule has 1 spiro atoms.